The van der Waals surface area contributed by atoms with Crippen molar-refractivity contribution in [1.82, 2.24) is 29.3 Å². The highest BCUT2D eigenvalue weighted by Crippen LogP contribution is 2.26. The third-order valence-electron chi connectivity index (χ3n) is 6.89. The Balaban J connectivity index is 1.40. The van der Waals surface area contributed by atoms with Gasteiger partial charge in [-0.1, -0.05) is 0 Å². The van der Waals surface area contributed by atoms with Gasteiger partial charge in [-0.3, -0.25) is 9.69 Å². The molecular weight excluding hydrogens is 472 g/mol. The maximum Gasteiger partial charge on any atom is 0.326 e. The van der Waals surface area contributed by atoms with Crippen LogP contribution in [0, 0.1) is 0 Å². The second-order valence-electron chi connectivity index (χ2n) is 9.46. The van der Waals surface area contributed by atoms with Crippen molar-refractivity contribution < 1.29 is 14.3 Å². The Labute approximate surface area is 217 Å². The monoisotopic (exact) mass is 508 g/mol. The summed E-state index contributed by atoms with van der Waals surface area (Å²) < 4.78 is 12.3. The van der Waals surface area contributed by atoms with Gasteiger partial charge in [0.05, 0.1) is 26.1 Å². The van der Waals surface area contributed by atoms with E-state index in [0.29, 0.717) is 29.4 Å². The molecule has 11 nitrogen and oxygen atoms in total. The SMILES string of the molecule is CCOC(=O)Cn1cnc2c(NCCN3CCOCC3)nc(-c3ccc(N4CCN(C)CC4)cc3)nc21. The molecule has 0 atom stereocenters. The number of carbonyl (C=O) groups excluding carboxylic acids is 1. The number of aromatic nitrogens is 4. The van der Waals surface area contributed by atoms with Gasteiger partial charge in [0.2, 0.25) is 0 Å². The second kappa shape index (κ2) is 11.8. The Bertz CT molecular complexity index is 1180. The summed E-state index contributed by atoms with van der Waals surface area (Å²) in [6.07, 6.45) is 1.63. The number of ether oxygens (including phenoxy) is 2. The van der Waals surface area contributed by atoms with Crippen LogP contribution < -0.4 is 10.2 Å². The summed E-state index contributed by atoms with van der Waals surface area (Å²) >= 11 is 0. The summed E-state index contributed by atoms with van der Waals surface area (Å²) in [5.41, 5.74) is 3.37. The molecular formula is C26H36N8O3. The van der Waals surface area contributed by atoms with Crippen LogP contribution in [-0.4, -0.2) is 115 Å². The predicted molar refractivity (Wildman–Crippen MR) is 143 cm³/mol. The Kier molecular flexibility index (Phi) is 8.12. The number of imidazole rings is 1. The number of fused-ring (bicyclic) bond motifs is 1. The molecule has 2 aliphatic rings. The zero-order valence-corrected chi connectivity index (χ0v) is 21.7. The van der Waals surface area contributed by atoms with E-state index >= 15 is 0 Å². The number of likely N-dealkylation sites (N-methyl/N-ethyl adjacent to an activating group) is 1. The van der Waals surface area contributed by atoms with Gasteiger partial charge in [-0.05, 0) is 38.2 Å². The van der Waals surface area contributed by atoms with E-state index < -0.39 is 0 Å². The lowest BCUT2D eigenvalue weighted by Crippen LogP contribution is -2.44. The van der Waals surface area contributed by atoms with Crippen molar-refractivity contribution in [1.29, 1.82) is 0 Å². The van der Waals surface area contributed by atoms with E-state index in [9.17, 15) is 4.79 Å². The van der Waals surface area contributed by atoms with Crippen molar-refractivity contribution in [2.75, 3.05) is 89.4 Å². The molecule has 198 valence electrons. The smallest absolute Gasteiger partial charge is 0.326 e. The molecule has 0 bridgehead atoms. The number of piperazine rings is 1. The van der Waals surface area contributed by atoms with Crippen LogP contribution >= 0.6 is 0 Å². The van der Waals surface area contributed by atoms with Crippen LogP contribution in [0.3, 0.4) is 0 Å². The number of hydrogen-bond acceptors (Lipinski definition) is 10. The molecule has 2 aliphatic heterocycles. The van der Waals surface area contributed by atoms with E-state index in [2.05, 4.69) is 56.3 Å². The second-order valence-corrected chi connectivity index (χ2v) is 9.46. The normalized spacial score (nSPS) is 17.3. The van der Waals surface area contributed by atoms with E-state index in [4.69, 9.17) is 19.4 Å². The van der Waals surface area contributed by atoms with Crippen molar-refractivity contribution in [3.05, 3.63) is 30.6 Å². The van der Waals surface area contributed by atoms with Gasteiger partial charge in [0.25, 0.3) is 0 Å². The first-order valence-corrected chi connectivity index (χ1v) is 13.1. The van der Waals surface area contributed by atoms with Crippen LogP contribution in [0.25, 0.3) is 22.6 Å². The lowest BCUT2D eigenvalue weighted by molar-refractivity contribution is -0.143. The lowest BCUT2D eigenvalue weighted by Gasteiger charge is -2.34. The number of nitrogens with zero attached hydrogens (tertiary/aromatic N) is 7. The van der Waals surface area contributed by atoms with Crippen molar-refractivity contribution in [2.24, 2.45) is 0 Å². The summed E-state index contributed by atoms with van der Waals surface area (Å²) in [6.45, 7) is 11.3. The molecule has 2 saturated heterocycles. The van der Waals surface area contributed by atoms with Crippen molar-refractivity contribution >= 4 is 28.6 Å². The van der Waals surface area contributed by atoms with E-state index in [1.54, 1.807) is 17.8 Å². The molecule has 0 spiro atoms. The standard InChI is InChI=1S/C26H36N8O3/c1-3-37-22(35)18-34-19-28-23-25(27-8-9-32-14-16-36-17-15-32)29-24(30-26(23)34)20-4-6-21(7-5-20)33-12-10-31(2)11-13-33/h4-7,19H,3,8-18H2,1-2H3,(H,27,29,30). The first kappa shape index (κ1) is 25.4. The zero-order valence-electron chi connectivity index (χ0n) is 21.7. The molecule has 4 heterocycles. The van der Waals surface area contributed by atoms with Gasteiger partial charge in [0.1, 0.15) is 12.1 Å². The average Bonchev–Trinajstić information content (AvgIpc) is 3.32. The van der Waals surface area contributed by atoms with E-state index in [-0.39, 0.29) is 12.5 Å². The van der Waals surface area contributed by atoms with Crippen LogP contribution in [0.1, 0.15) is 6.92 Å². The zero-order chi connectivity index (χ0) is 25.6. The van der Waals surface area contributed by atoms with Crippen molar-refractivity contribution in [3.63, 3.8) is 0 Å². The highest BCUT2D eigenvalue weighted by Gasteiger charge is 2.18. The third-order valence-corrected chi connectivity index (χ3v) is 6.89. The highest BCUT2D eigenvalue weighted by molar-refractivity contribution is 5.86. The number of anilines is 2. The number of rotatable bonds is 9. The van der Waals surface area contributed by atoms with E-state index in [1.165, 1.54) is 5.69 Å². The number of benzene rings is 1. The number of morpholine rings is 1. The molecule has 0 unspecified atom stereocenters. The molecule has 0 aliphatic carbocycles. The molecule has 1 aromatic carbocycles. The van der Waals surface area contributed by atoms with E-state index in [0.717, 1.165) is 71.1 Å². The van der Waals surface area contributed by atoms with Crippen LogP contribution in [0.5, 0.6) is 0 Å². The minimum atomic E-state index is -0.319. The maximum atomic E-state index is 12.2. The van der Waals surface area contributed by atoms with Crippen molar-refractivity contribution in [2.45, 2.75) is 13.5 Å². The molecule has 1 N–H and O–H groups in total. The maximum absolute atomic E-state index is 12.2. The number of esters is 1. The molecule has 11 heteroatoms. The van der Waals surface area contributed by atoms with Crippen LogP contribution in [0.15, 0.2) is 30.6 Å². The van der Waals surface area contributed by atoms with Gasteiger partial charge in [-0.15, -0.1) is 0 Å². The Morgan fingerprint density at radius 2 is 1.81 bits per heavy atom. The van der Waals surface area contributed by atoms with Gasteiger partial charge in [-0.25, -0.2) is 15.0 Å². The minimum Gasteiger partial charge on any atom is -0.465 e. The molecule has 0 radical (unpaired) electrons. The van der Waals surface area contributed by atoms with Gasteiger partial charge in [0, 0.05) is 63.6 Å². The molecule has 37 heavy (non-hydrogen) atoms. The summed E-state index contributed by atoms with van der Waals surface area (Å²) in [4.78, 5) is 33.5. The Morgan fingerprint density at radius 3 is 2.54 bits per heavy atom. The van der Waals surface area contributed by atoms with Crippen molar-refractivity contribution in [3.8, 4) is 11.4 Å². The number of carbonyl (C=O) groups is 1. The number of nitrogens with one attached hydrogen (secondary N) is 1. The molecule has 0 saturated carbocycles. The first-order chi connectivity index (χ1) is 18.1. The predicted octanol–water partition coefficient (Wildman–Crippen LogP) is 1.55. The largest absolute Gasteiger partial charge is 0.465 e. The molecule has 2 fully saturated rings. The van der Waals surface area contributed by atoms with Gasteiger partial charge in [0.15, 0.2) is 17.3 Å². The highest BCUT2D eigenvalue weighted by atomic mass is 16.5. The molecule has 2 aromatic heterocycles. The van der Waals surface area contributed by atoms with Crippen LogP contribution in [-0.2, 0) is 20.8 Å². The van der Waals surface area contributed by atoms with E-state index in [1.807, 2.05) is 0 Å². The topological polar surface area (TPSA) is 101 Å². The van der Waals surface area contributed by atoms with Gasteiger partial charge in [-0.2, -0.15) is 0 Å². The summed E-state index contributed by atoms with van der Waals surface area (Å²) in [5, 5.41) is 3.47. The molecule has 5 rings (SSSR count). The summed E-state index contributed by atoms with van der Waals surface area (Å²) in [6, 6.07) is 8.40. The molecule has 0 amide bonds. The van der Waals surface area contributed by atoms with Crippen LogP contribution in [0.4, 0.5) is 11.5 Å². The Morgan fingerprint density at radius 1 is 1.05 bits per heavy atom. The summed E-state index contributed by atoms with van der Waals surface area (Å²) in [5.74, 6) is 0.941. The Hall–Kier alpha value is -3.28. The summed E-state index contributed by atoms with van der Waals surface area (Å²) in [7, 11) is 2.16. The quantitative estimate of drug-likeness (QED) is 0.429. The number of hydrogen-bond donors (Lipinski definition) is 1. The fourth-order valence-corrected chi connectivity index (χ4v) is 4.70. The molecule has 3 aromatic rings. The third kappa shape index (κ3) is 6.17. The first-order valence-electron chi connectivity index (χ1n) is 13.1. The minimum absolute atomic E-state index is 0.0519. The fraction of sp³-hybridized carbons (Fsp3) is 0.538. The fourth-order valence-electron chi connectivity index (χ4n) is 4.70. The average molecular weight is 509 g/mol. The van der Waals surface area contributed by atoms with Gasteiger partial charge >= 0.3 is 5.97 Å². The van der Waals surface area contributed by atoms with Crippen LogP contribution in [0.2, 0.25) is 0 Å². The van der Waals surface area contributed by atoms with Gasteiger partial charge < -0.3 is 29.2 Å². The lowest BCUT2D eigenvalue weighted by atomic mass is 10.1.